The lowest BCUT2D eigenvalue weighted by atomic mass is 10.1. The summed E-state index contributed by atoms with van der Waals surface area (Å²) in [7, 11) is -1.69. The van der Waals surface area contributed by atoms with Crippen LogP contribution in [0.3, 0.4) is 0 Å². The second-order valence-corrected chi connectivity index (χ2v) is 9.81. The molecule has 34 heavy (non-hydrogen) atoms. The van der Waals surface area contributed by atoms with Crippen molar-refractivity contribution in [3.05, 3.63) is 127 Å². The van der Waals surface area contributed by atoms with Gasteiger partial charge in [-0.15, -0.1) is 0 Å². The molecule has 4 nitrogen and oxygen atoms in total. The number of para-hydroxylation sites is 1. The van der Waals surface area contributed by atoms with E-state index in [9.17, 15) is 4.57 Å². The van der Waals surface area contributed by atoms with Crippen LogP contribution in [0.5, 0.6) is 17.2 Å². The monoisotopic (exact) mass is 468 g/mol. The van der Waals surface area contributed by atoms with Crippen LogP contribution in [0.1, 0.15) is 0 Å². The van der Waals surface area contributed by atoms with Crippen molar-refractivity contribution in [2.24, 2.45) is 0 Å². The predicted molar refractivity (Wildman–Crippen MR) is 139 cm³/mol. The molecule has 0 aromatic heterocycles. The number of methoxy groups -OCH3 is 1. The number of phenols is 1. The molecule has 0 aliphatic rings. The van der Waals surface area contributed by atoms with E-state index in [2.05, 4.69) is 0 Å². The lowest BCUT2D eigenvalue weighted by Gasteiger charge is -2.21. The molecule has 5 aromatic carbocycles. The first-order valence-corrected chi connectivity index (χ1v) is 12.4. The van der Waals surface area contributed by atoms with Crippen molar-refractivity contribution in [1.82, 2.24) is 0 Å². The highest BCUT2D eigenvalue weighted by molar-refractivity contribution is 7.74. The summed E-state index contributed by atoms with van der Waals surface area (Å²) in [6.45, 7) is 0. The zero-order valence-corrected chi connectivity index (χ0v) is 19.6. The summed E-state index contributed by atoms with van der Waals surface area (Å²) >= 11 is 0. The van der Waals surface area contributed by atoms with Gasteiger partial charge in [-0.1, -0.05) is 72.8 Å². The zero-order chi connectivity index (χ0) is 23.8. The van der Waals surface area contributed by atoms with Crippen molar-refractivity contribution in [2.75, 3.05) is 7.11 Å². The predicted octanol–water partition coefficient (Wildman–Crippen LogP) is 6.55. The van der Waals surface area contributed by atoms with E-state index in [-0.39, 0.29) is 0 Å². The van der Waals surface area contributed by atoms with Crippen LogP contribution in [0, 0.1) is 0 Å². The Hall–Kier alpha value is -4.01. The number of fused-ring (bicyclic) bond motifs is 1. The maximum absolute atomic E-state index is 14.1. The van der Waals surface area contributed by atoms with Crippen LogP contribution in [0.15, 0.2) is 127 Å². The van der Waals surface area contributed by atoms with Gasteiger partial charge < -0.3 is 14.4 Å². The molecule has 0 radical (unpaired) electrons. The van der Waals surface area contributed by atoms with Crippen LogP contribution in [-0.4, -0.2) is 12.2 Å². The van der Waals surface area contributed by atoms with Crippen LogP contribution in [-0.2, 0) is 4.57 Å². The maximum atomic E-state index is 14.1. The van der Waals surface area contributed by atoms with E-state index in [1.807, 2.05) is 103 Å². The summed E-state index contributed by atoms with van der Waals surface area (Å²) < 4.78 is 25.8. The standard InChI is InChI=1S/C23H19O3P.C6H6O/c1-25-19-16-15-18-9-8-14-23(22(18)17-19)26-27(24,20-10-4-2-5-11-20)21-12-6-3-7-13-21;7-6-4-2-1-3-5-6/h2-17H,1H3;1-5,7H. The molecule has 0 saturated carbocycles. The van der Waals surface area contributed by atoms with Crippen LogP contribution < -0.4 is 19.9 Å². The van der Waals surface area contributed by atoms with Gasteiger partial charge in [-0.25, -0.2) is 0 Å². The molecule has 0 unspecified atom stereocenters. The number of benzene rings is 5. The molecular formula is C29H25O4P. The van der Waals surface area contributed by atoms with Crippen molar-refractivity contribution < 1.29 is 18.9 Å². The van der Waals surface area contributed by atoms with E-state index < -0.39 is 7.37 Å². The fourth-order valence-electron chi connectivity index (χ4n) is 3.50. The third-order valence-corrected chi connectivity index (χ3v) is 7.63. The molecule has 0 aliphatic heterocycles. The van der Waals surface area contributed by atoms with Crippen molar-refractivity contribution in [3.63, 3.8) is 0 Å². The van der Waals surface area contributed by atoms with E-state index in [0.717, 1.165) is 16.5 Å². The van der Waals surface area contributed by atoms with Crippen molar-refractivity contribution in [1.29, 1.82) is 0 Å². The molecule has 0 heterocycles. The van der Waals surface area contributed by atoms with Crippen LogP contribution in [0.25, 0.3) is 10.8 Å². The van der Waals surface area contributed by atoms with Crippen molar-refractivity contribution in [3.8, 4) is 17.2 Å². The third kappa shape index (κ3) is 5.31. The summed E-state index contributed by atoms with van der Waals surface area (Å²) in [6.07, 6.45) is 0. The molecule has 170 valence electrons. The van der Waals surface area contributed by atoms with Gasteiger partial charge in [-0.05, 0) is 60.0 Å². The number of hydrogen-bond donors (Lipinski definition) is 1. The van der Waals surface area contributed by atoms with Gasteiger partial charge in [0, 0.05) is 5.39 Å². The molecule has 5 aromatic rings. The Bertz CT molecular complexity index is 1340. The quantitative estimate of drug-likeness (QED) is 0.297. The molecule has 0 amide bonds. The molecule has 5 heteroatoms. The molecule has 0 saturated heterocycles. The lowest BCUT2D eigenvalue weighted by molar-refractivity contribution is 0.415. The Labute approximate surface area is 199 Å². The SMILES string of the molecule is COc1ccc2cccc(OP(=O)(c3ccccc3)c3ccccc3)c2c1.Oc1ccccc1. The topological polar surface area (TPSA) is 55.8 Å². The largest absolute Gasteiger partial charge is 0.508 e. The van der Waals surface area contributed by atoms with Gasteiger partial charge in [-0.2, -0.15) is 0 Å². The van der Waals surface area contributed by atoms with E-state index in [4.69, 9.17) is 14.4 Å². The average molecular weight is 468 g/mol. The minimum Gasteiger partial charge on any atom is -0.508 e. The first kappa shape index (κ1) is 23.2. The van der Waals surface area contributed by atoms with Crippen LogP contribution in [0.4, 0.5) is 0 Å². The van der Waals surface area contributed by atoms with Gasteiger partial charge >= 0.3 is 7.37 Å². The zero-order valence-electron chi connectivity index (χ0n) is 18.7. The molecule has 0 fully saturated rings. The van der Waals surface area contributed by atoms with Crippen LogP contribution in [0.2, 0.25) is 0 Å². The minimum atomic E-state index is -3.31. The number of rotatable bonds is 5. The first-order chi connectivity index (χ1) is 16.6. The molecule has 0 bridgehead atoms. The van der Waals surface area contributed by atoms with Gasteiger partial charge in [0.15, 0.2) is 0 Å². The maximum Gasteiger partial charge on any atom is 0.306 e. The smallest absolute Gasteiger partial charge is 0.306 e. The average Bonchev–Trinajstić information content (AvgIpc) is 2.90. The molecule has 0 atom stereocenters. The summed E-state index contributed by atoms with van der Waals surface area (Å²) in [4.78, 5) is 0. The fourth-order valence-corrected chi connectivity index (χ4v) is 5.57. The Morgan fingerprint density at radius 1 is 0.647 bits per heavy atom. The highest BCUT2D eigenvalue weighted by atomic mass is 31.2. The Morgan fingerprint density at radius 3 is 1.71 bits per heavy atom. The lowest BCUT2D eigenvalue weighted by Crippen LogP contribution is -2.20. The number of phenolic OH excluding ortho intramolecular Hbond substituents is 1. The number of ether oxygens (including phenoxy) is 1. The van der Waals surface area contributed by atoms with Crippen LogP contribution >= 0.6 is 7.37 Å². The van der Waals surface area contributed by atoms with Crippen molar-refractivity contribution in [2.45, 2.75) is 0 Å². The Morgan fingerprint density at radius 2 is 1.21 bits per heavy atom. The first-order valence-electron chi connectivity index (χ1n) is 10.8. The Balaban J connectivity index is 0.000000336. The summed E-state index contributed by atoms with van der Waals surface area (Å²) in [5.74, 6) is 1.62. The van der Waals surface area contributed by atoms with Crippen molar-refractivity contribution >= 4 is 28.8 Å². The highest BCUT2D eigenvalue weighted by Crippen LogP contribution is 2.47. The second kappa shape index (κ2) is 10.7. The van der Waals surface area contributed by atoms with E-state index in [0.29, 0.717) is 22.1 Å². The summed E-state index contributed by atoms with van der Waals surface area (Å²) in [5.41, 5.74) is 0. The van der Waals surface area contributed by atoms with E-state index >= 15 is 0 Å². The van der Waals surface area contributed by atoms with Gasteiger partial charge in [0.2, 0.25) is 0 Å². The highest BCUT2D eigenvalue weighted by Gasteiger charge is 2.30. The molecule has 0 spiro atoms. The van der Waals surface area contributed by atoms with E-state index in [1.165, 1.54) is 0 Å². The number of hydrogen-bond acceptors (Lipinski definition) is 4. The third-order valence-electron chi connectivity index (χ3n) is 5.22. The second-order valence-electron chi connectivity index (χ2n) is 7.49. The minimum absolute atomic E-state index is 0.322. The Kier molecular flexibility index (Phi) is 7.31. The van der Waals surface area contributed by atoms with Gasteiger partial charge in [-0.3, -0.25) is 4.57 Å². The van der Waals surface area contributed by atoms with Gasteiger partial charge in [0.25, 0.3) is 0 Å². The van der Waals surface area contributed by atoms with Gasteiger partial charge in [0.05, 0.1) is 17.7 Å². The molecule has 5 rings (SSSR count). The normalized spacial score (nSPS) is 10.7. The fraction of sp³-hybridized carbons (Fsp3) is 0.0345. The summed E-state index contributed by atoms with van der Waals surface area (Å²) in [6, 6.07) is 38.9. The van der Waals surface area contributed by atoms with E-state index in [1.54, 1.807) is 31.4 Å². The number of aromatic hydroxyl groups is 1. The molecular weight excluding hydrogens is 443 g/mol. The molecule has 1 N–H and O–H groups in total. The molecule has 0 aliphatic carbocycles. The summed E-state index contributed by atoms with van der Waals surface area (Å²) in [5, 5.41) is 11.8. The van der Waals surface area contributed by atoms with Gasteiger partial charge in [0.1, 0.15) is 17.2 Å².